The molecule has 0 saturated carbocycles. The summed E-state index contributed by atoms with van der Waals surface area (Å²) in [6.07, 6.45) is -1.26. The highest BCUT2D eigenvalue weighted by Gasteiger charge is 2.43. The molecule has 0 bridgehead atoms. The van der Waals surface area contributed by atoms with Gasteiger partial charge in [0.1, 0.15) is 5.78 Å². The molecule has 0 aromatic carbocycles. The van der Waals surface area contributed by atoms with E-state index in [-0.39, 0.29) is 30.6 Å². The zero-order chi connectivity index (χ0) is 11.6. The van der Waals surface area contributed by atoms with Crippen molar-refractivity contribution in [3.05, 3.63) is 0 Å². The van der Waals surface area contributed by atoms with Crippen molar-refractivity contribution >= 4 is 17.7 Å². The Bertz CT molecular complexity index is 301. The first-order chi connectivity index (χ1) is 6.97. The van der Waals surface area contributed by atoms with E-state index >= 15 is 0 Å². The van der Waals surface area contributed by atoms with E-state index < -0.39 is 12.2 Å². The maximum Gasteiger partial charge on any atom is 0.356 e. The van der Waals surface area contributed by atoms with Gasteiger partial charge in [0.2, 0.25) is 12.1 Å². The van der Waals surface area contributed by atoms with Gasteiger partial charge in [-0.1, -0.05) is 0 Å². The summed E-state index contributed by atoms with van der Waals surface area (Å²) in [4.78, 5) is 33.9. The summed E-state index contributed by atoms with van der Waals surface area (Å²) in [6.45, 7) is 1.39. The highest BCUT2D eigenvalue weighted by Crippen LogP contribution is 2.24. The van der Waals surface area contributed by atoms with E-state index in [2.05, 4.69) is 4.74 Å². The number of ketones is 1. The molecule has 0 radical (unpaired) electrons. The summed E-state index contributed by atoms with van der Waals surface area (Å²) in [5, 5.41) is 9.41. The second-order valence-electron chi connectivity index (χ2n) is 3.46. The second-order valence-corrected chi connectivity index (χ2v) is 3.46. The fraction of sp³-hybridized carbons (Fsp3) is 0.667. The molecule has 1 unspecified atom stereocenters. The van der Waals surface area contributed by atoms with Crippen molar-refractivity contribution in [1.29, 1.82) is 0 Å². The summed E-state index contributed by atoms with van der Waals surface area (Å²) in [6, 6.07) is -0.385. The van der Waals surface area contributed by atoms with E-state index in [4.69, 9.17) is 0 Å². The molecule has 1 rings (SSSR count). The highest BCUT2D eigenvalue weighted by molar-refractivity contribution is 5.90. The van der Waals surface area contributed by atoms with Crippen molar-refractivity contribution in [2.24, 2.45) is 0 Å². The minimum atomic E-state index is -1.60. The molecule has 15 heavy (non-hydrogen) atoms. The van der Waals surface area contributed by atoms with Crippen LogP contribution in [0.3, 0.4) is 0 Å². The van der Waals surface area contributed by atoms with Crippen LogP contribution in [0.25, 0.3) is 0 Å². The van der Waals surface area contributed by atoms with Crippen molar-refractivity contribution in [2.45, 2.75) is 32.0 Å². The molecule has 1 fully saturated rings. The predicted octanol–water partition coefficient (Wildman–Crippen LogP) is -0.942. The zero-order valence-corrected chi connectivity index (χ0v) is 8.60. The number of carbonyl (C=O) groups excluding carboxylic acids is 3. The monoisotopic (exact) mass is 215 g/mol. The Morgan fingerprint density at radius 2 is 2.27 bits per heavy atom. The zero-order valence-electron chi connectivity index (χ0n) is 8.60. The fourth-order valence-electron chi connectivity index (χ4n) is 1.55. The van der Waals surface area contributed by atoms with Crippen LogP contribution < -0.4 is 0 Å². The number of hydrogen-bond acceptors (Lipinski definition) is 5. The number of hydrogen-bond donors (Lipinski definition) is 1. The molecule has 6 nitrogen and oxygen atoms in total. The number of likely N-dealkylation sites (tertiary alicyclic amines) is 1. The lowest BCUT2D eigenvalue weighted by Crippen LogP contribution is -2.60. The molecule has 1 aliphatic heterocycles. The van der Waals surface area contributed by atoms with Gasteiger partial charge in [-0.2, -0.15) is 0 Å². The lowest BCUT2D eigenvalue weighted by atomic mass is 9.96. The smallest absolute Gasteiger partial charge is 0.356 e. The molecule has 0 aromatic heterocycles. The summed E-state index contributed by atoms with van der Waals surface area (Å²) in [5.41, 5.74) is 0. The first-order valence-corrected chi connectivity index (χ1v) is 4.54. The fourth-order valence-corrected chi connectivity index (χ4v) is 1.55. The molecular weight excluding hydrogens is 202 g/mol. The van der Waals surface area contributed by atoms with Gasteiger partial charge in [0.25, 0.3) is 0 Å². The third kappa shape index (κ3) is 2.33. The summed E-state index contributed by atoms with van der Waals surface area (Å²) >= 11 is 0. The van der Waals surface area contributed by atoms with Crippen molar-refractivity contribution in [1.82, 2.24) is 4.90 Å². The van der Waals surface area contributed by atoms with E-state index in [1.807, 2.05) is 0 Å². The average molecular weight is 215 g/mol. The molecule has 6 heteroatoms. The first kappa shape index (κ1) is 11.6. The predicted molar refractivity (Wildman–Crippen MR) is 48.6 cm³/mol. The first-order valence-electron chi connectivity index (χ1n) is 4.54. The third-order valence-electron chi connectivity index (χ3n) is 2.29. The number of ether oxygens (including phenoxy) is 1. The number of Topliss-reactive ketones (excluding diaryl/α,β-unsaturated/α-hetero) is 1. The van der Waals surface area contributed by atoms with E-state index in [0.717, 1.165) is 12.0 Å². The molecule has 1 N–H and O–H groups in total. The Morgan fingerprint density at radius 3 is 2.67 bits per heavy atom. The maximum absolute atomic E-state index is 11.1. The molecule has 0 spiro atoms. The van der Waals surface area contributed by atoms with Gasteiger partial charge in [-0.15, -0.1) is 0 Å². The maximum atomic E-state index is 11.1. The Kier molecular flexibility index (Phi) is 3.41. The van der Waals surface area contributed by atoms with Gasteiger partial charge in [-0.05, 0) is 6.92 Å². The van der Waals surface area contributed by atoms with Crippen LogP contribution in [0.4, 0.5) is 0 Å². The lowest BCUT2D eigenvalue weighted by molar-refractivity contribution is -0.182. The lowest BCUT2D eigenvalue weighted by Gasteiger charge is -2.41. The van der Waals surface area contributed by atoms with Crippen LogP contribution in [0.1, 0.15) is 19.8 Å². The Hall–Kier alpha value is -1.43. The topological polar surface area (TPSA) is 83.9 Å². The van der Waals surface area contributed by atoms with E-state index in [0.29, 0.717) is 0 Å². The van der Waals surface area contributed by atoms with Crippen LogP contribution >= 0.6 is 0 Å². The standard InChI is InChI=1S/C9H13NO5/c1-5(11)3-6-4-7(12)10(6)8(13)9(14)15-2/h6,8,13H,3-4H2,1-2H3/t6-,8?/m1/s1. The van der Waals surface area contributed by atoms with Crippen molar-refractivity contribution in [3.8, 4) is 0 Å². The number of esters is 1. The van der Waals surface area contributed by atoms with Crippen LogP contribution in [0.15, 0.2) is 0 Å². The van der Waals surface area contributed by atoms with Gasteiger partial charge < -0.3 is 14.7 Å². The Labute approximate surface area is 86.8 Å². The summed E-state index contributed by atoms with van der Waals surface area (Å²) < 4.78 is 4.30. The normalized spacial score (nSPS) is 21.9. The third-order valence-corrected chi connectivity index (χ3v) is 2.29. The van der Waals surface area contributed by atoms with Crippen LogP contribution in [0.5, 0.6) is 0 Å². The molecular formula is C9H13NO5. The molecule has 1 aliphatic rings. The molecule has 1 saturated heterocycles. The quantitative estimate of drug-likeness (QED) is 0.483. The second kappa shape index (κ2) is 4.39. The number of rotatable bonds is 4. The van der Waals surface area contributed by atoms with Gasteiger partial charge in [-0.3, -0.25) is 9.59 Å². The average Bonchev–Trinajstić information content (AvgIpc) is 2.14. The van der Waals surface area contributed by atoms with E-state index in [1.54, 1.807) is 0 Å². The summed E-state index contributed by atoms with van der Waals surface area (Å²) in [7, 11) is 1.12. The minimum Gasteiger partial charge on any atom is -0.466 e. The number of β-lactam (4-membered cyclic amide) rings is 1. The van der Waals surface area contributed by atoms with Crippen LogP contribution in [0, 0.1) is 0 Å². The molecule has 2 atom stereocenters. The largest absolute Gasteiger partial charge is 0.466 e. The number of methoxy groups -OCH3 is 1. The molecule has 1 amide bonds. The van der Waals surface area contributed by atoms with Gasteiger partial charge in [0, 0.05) is 12.8 Å². The van der Waals surface area contributed by atoms with Crippen molar-refractivity contribution in [2.75, 3.05) is 7.11 Å². The van der Waals surface area contributed by atoms with Gasteiger partial charge in [0.05, 0.1) is 13.2 Å². The number of aliphatic hydroxyl groups is 1. The number of amides is 1. The summed E-state index contributed by atoms with van der Waals surface area (Å²) in [5.74, 6) is -1.33. The van der Waals surface area contributed by atoms with Gasteiger partial charge in [-0.25, -0.2) is 4.79 Å². The number of nitrogens with zero attached hydrogens (tertiary/aromatic N) is 1. The number of aliphatic hydroxyl groups excluding tert-OH is 1. The van der Waals surface area contributed by atoms with Crippen molar-refractivity contribution < 1.29 is 24.2 Å². The highest BCUT2D eigenvalue weighted by atomic mass is 16.5. The van der Waals surface area contributed by atoms with Crippen LogP contribution in [-0.2, 0) is 19.1 Å². The minimum absolute atomic E-state index is 0.0884. The van der Waals surface area contributed by atoms with E-state index in [9.17, 15) is 19.5 Å². The molecule has 1 heterocycles. The SMILES string of the molecule is COC(=O)C(O)N1C(=O)C[C@H]1CC(C)=O. The molecule has 0 aromatic rings. The Morgan fingerprint density at radius 1 is 1.67 bits per heavy atom. The molecule has 84 valence electrons. The van der Waals surface area contributed by atoms with Gasteiger partial charge in [0.15, 0.2) is 0 Å². The Balaban J connectivity index is 2.62. The molecule has 0 aliphatic carbocycles. The van der Waals surface area contributed by atoms with Crippen LogP contribution in [0.2, 0.25) is 0 Å². The van der Waals surface area contributed by atoms with Gasteiger partial charge >= 0.3 is 5.97 Å². The number of carbonyl (C=O) groups is 3. The van der Waals surface area contributed by atoms with Crippen molar-refractivity contribution in [3.63, 3.8) is 0 Å². The van der Waals surface area contributed by atoms with Crippen LogP contribution in [-0.4, -0.2) is 47.0 Å². The van der Waals surface area contributed by atoms with E-state index in [1.165, 1.54) is 6.92 Å².